The third kappa shape index (κ3) is 4.87. The maximum absolute atomic E-state index is 13.0. The lowest BCUT2D eigenvalue weighted by Crippen LogP contribution is -2.46. The summed E-state index contributed by atoms with van der Waals surface area (Å²) in [6.07, 6.45) is -3.81. The first-order valence-electron chi connectivity index (χ1n) is 8.34. The van der Waals surface area contributed by atoms with E-state index in [-0.39, 0.29) is 24.5 Å². The maximum Gasteiger partial charge on any atom is 0.471 e. The van der Waals surface area contributed by atoms with Gasteiger partial charge in [0.2, 0.25) is 0 Å². The van der Waals surface area contributed by atoms with E-state index in [1.807, 2.05) is 18.2 Å². The average molecular weight is 383 g/mol. The molecule has 1 aromatic carbocycles. The second kappa shape index (κ2) is 8.24. The molecule has 0 bridgehead atoms. The van der Waals surface area contributed by atoms with Gasteiger partial charge in [-0.3, -0.25) is 14.4 Å². The molecule has 0 aliphatic rings. The van der Waals surface area contributed by atoms with Crippen molar-refractivity contribution in [2.45, 2.75) is 39.5 Å². The summed E-state index contributed by atoms with van der Waals surface area (Å²) in [7, 11) is 0. The lowest BCUT2D eigenvalue weighted by atomic mass is 10.2. The number of ether oxygens (including phenoxy) is 1. The lowest BCUT2D eigenvalue weighted by Gasteiger charge is -2.26. The van der Waals surface area contributed by atoms with Crippen LogP contribution < -0.4 is 4.90 Å². The Balaban J connectivity index is 2.50. The largest absolute Gasteiger partial charge is 0.471 e. The smallest absolute Gasteiger partial charge is 0.462 e. The summed E-state index contributed by atoms with van der Waals surface area (Å²) in [6, 6.07) is 8.19. The van der Waals surface area contributed by atoms with Crippen LogP contribution in [0.1, 0.15) is 36.7 Å². The zero-order valence-corrected chi connectivity index (χ0v) is 15.2. The van der Waals surface area contributed by atoms with Gasteiger partial charge < -0.3 is 4.74 Å². The van der Waals surface area contributed by atoms with Crippen molar-refractivity contribution in [1.29, 1.82) is 0 Å². The highest BCUT2D eigenvalue weighted by Crippen LogP contribution is 2.28. The monoisotopic (exact) mass is 383 g/mol. The van der Waals surface area contributed by atoms with Crippen molar-refractivity contribution < 1.29 is 27.5 Å². The second-order valence-corrected chi connectivity index (χ2v) is 6.04. The molecular formula is C18H20F3N3O3. The number of carbonyl (C=O) groups excluding carboxylic acids is 2. The number of nitrogens with zero attached hydrogens (tertiary/aromatic N) is 3. The van der Waals surface area contributed by atoms with Crippen molar-refractivity contribution >= 4 is 17.7 Å². The van der Waals surface area contributed by atoms with Gasteiger partial charge in [0, 0.05) is 12.2 Å². The van der Waals surface area contributed by atoms with Crippen LogP contribution in [0.15, 0.2) is 36.5 Å². The van der Waals surface area contributed by atoms with Crippen molar-refractivity contribution in [3.05, 3.63) is 47.7 Å². The molecule has 0 saturated carbocycles. The van der Waals surface area contributed by atoms with E-state index in [0.717, 1.165) is 5.56 Å². The third-order valence-electron chi connectivity index (χ3n) is 3.63. The van der Waals surface area contributed by atoms with Crippen LogP contribution >= 0.6 is 0 Å². The minimum absolute atomic E-state index is 0.0387. The maximum atomic E-state index is 13.0. The van der Waals surface area contributed by atoms with Crippen molar-refractivity contribution in [3.8, 4) is 0 Å². The van der Waals surface area contributed by atoms with E-state index < -0.39 is 24.1 Å². The highest BCUT2D eigenvalue weighted by Gasteiger charge is 2.45. The quantitative estimate of drug-likeness (QED) is 0.717. The summed E-state index contributed by atoms with van der Waals surface area (Å²) in [5.74, 6) is -3.30. The first-order valence-corrected chi connectivity index (χ1v) is 8.34. The summed E-state index contributed by atoms with van der Waals surface area (Å²) in [5, 5.41) is 4.09. The van der Waals surface area contributed by atoms with Crippen LogP contribution in [0.3, 0.4) is 0 Å². The summed E-state index contributed by atoms with van der Waals surface area (Å²) in [6.45, 7) is 4.66. The number of carbonyl (C=O) groups is 2. The van der Waals surface area contributed by atoms with Crippen LogP contribution in [0.4, 0.5) is 19.0 Å². The molecule has 0 aliphatic heterocycles. The normalized spacial score (nSPS) is 11.5. The van der Waals surface area contributed by atoms with Crippen molar-refractivity contribution in [2.75, 3.05) is 11.5 Å². The van der Waals surface area contributed by atoms with Crippen LogP contribution in [0, 0.1) is 0 Å². The number of hydrogen-bond acceptors (Lipinski definition) is 4. The van der Waals surface area contributed by atoms with Crippen LogP contribution in [-0.2, 0) is 16.1 Å². The SMILES string of the molecule is CCOC(=O)c1cn(Cc2ccccc2)nc1N(C(=O)C(F)(F)F)C(C)C. The Morgan fingerprint density at radius 3 is 2.37 bits per heavy atom. The first-order chi connectivity index (χ1) is 12.6. The topological polar surface area (TPSA) is 64.4 Å². The van der Waals surface area contributed by atoms with Crippen LogP contribution in [0.25, 0.3) is 0 Å². The van der Waals surface area contributed by atoms with Crippen molar-refractivity contribution in [3.63, 3.8) is 0 Å². The molecule has 0 atom stereocenters. The van der Waals surface area contributed by atoms with Gasteiger partial charge in [-0.1, -0.05) is 30.3 Å². The average Bonchev–Trinajstić information content (AvgIpc) is 2.98. The number of esters is 1. The Morgan fingerprint density at radius 2 is 1.85 bits per heavy atom. The molecule has 2 rings (SSSR count). The van der Waals surface area contributed by atoms with E-state index in [1.54, 1.807) is 19.1 Å². The van der Waals surface area contributed by atoms with E-state index in [9.17, 15) is 22.8 Å². The fourth-order valence-corrected chi connectivity index (χ4v) is 2.51. The zero-order valence-electron chi connectivity index (χ0n) is 15.2. The molecule has 0 spiro atoms. The van der Waals surface area contributed by atoms with E-state index in [0.29, 0.717) is 4.90 Å². The number of aromatic nitrogens is 2. The minimum Gasteiger partial charge on any atom is -0.462 e. The molecule has 0 radical (unpaired) electrons. The summed E-state index contributed by atoms with van der Waals surface area (Å²) in [5.41, 5.74) is 0.638. The number of hydrogen-bond donors (Lipinski definition) is 0. The van der Waals surface area contributed by atoms with Gasteiger partial charge in [-0.05, 0) is 26.3 Å². The molecule has 0 aliphatic carbocycles. The predicted octanol–water partition coefficient (Wildman–Crippen LogP) is 3.41. The van der Waals surface area contributed by atoms with Crippen molar-refractivity contribution in [2.24, 2.45) is 0 Å². The third-order valence-corrected chi connectivity index (χ3v) is 3.63. The number of amides is 1. The molecule has 1 heterocycles. The number of halogens is 3. The van der Waals surface area contributed by atoms with Gasteiger partial charge in [0.25, 0.3) is 0 Å². The fraction of sp³-hybridized carbons (Fsp3) is 0.389. The molecule has 1 aromatic heterocycles. The van der Waals surface area contributed by atoms with Gasteiger partial charge >= 0.3 is 18.1 Å². The Hall–Kier alpha value is -2.84. The molecule has 0 N–H and O–H groups in total. The molecule has 27 heavy (non-hydrogen) atoms. The summed E-state index contributed by atoms with van der Waals surface area (Å²) >= 11 is 0. The number of benzene rings is 1. The number of anilines is 1. The molecule has 146 valence electrons. The van der Waals surface area contributed by atoms with Crippen LogP contribution in [0.5, 0.6) is 0 Å². The fourth-order valence-electron chi connectivity index (χ4n) is 2.51. The van der Waals surface area contributed by atoms with Gasteiger partial charge in [0.15, 0.2) is 5.82 Å². The molecule has 6 nitrogen and oxygen atoms in total. The first kappa shape index (κ1) is 20.5. The van der Waals surface area contributed by atoms with E-state index >= 15 is 0 Å². The van der Waals surface area contributed by atoms with Crippen LogP contribution in [0.2, 0.25) is 0 Å². The number of alkyl halides is 3. The lowest BCUT2D eigenvalue weighted by molar-refractivity contribution is -0.170. The van der Waals surface area contributed by atoms with Crippen LogP contribution in [-0.4, -0.2) is 40.5 Å². The predicted molar refractivity (Wildman–Crippen MR) is 92.4 cm³/mol. The Morgan fingerprint density at radius 1 is 1.22 bits per heavy atom. The Bertz CT molecular complexity index is 801. The molecule has 2 aromatic rings. The minimum atomic E-state index is -5.10. The van der Waals surface area contributed by atoms with Gasteiger partial charge in [-0.15, -0.1) is 0 Å². The Kier molecular flexibility index (Phi) is 6.24. The molecule has 0 unspecified atom stereocenters. The number of rotatable bonds is 6. The van der Waals surface area contributed by atoms with Gasteiger partial charge in [0.1, 0.15) is 5.56 Å². The molecular weight excluding hydrogens is 363 g/mol. The second-order valence-electron chi connectivity index (χ2n) is 6.04. The highest BCUT2D eigenvalue weighted by molar-refractivity contribution is 6.03. The van der Waals surface area contributed by atoms with Gasteiger partial charge in [-0.2, -0.15) is 18.3 Å². The molecule has 9 heteroatoms. The highest BCUT2D eigenvalue weighted by atomic mass is 19.4. The summed E-state index contributed by atoms with van der Waals surface area (Å²) in [4.78, 5) is 24.6. The van der Waals surface area contributed by atoms with Gasteiger partial charge in [-0.25, -0.2) is 4.79 Å². The molecule has 1 amide bonds. The van der Waals surface area contributed by atoms with Crippen molar-refractivity contribution in [1.82, 2.24) is 9.78 Å². The van der Waals surface area contributed by atoms with E-state index in [1.165, 1.54) is 24.7 Å². The Labute approximate surface area is 154 Å². The summed E-state index contributed by atoms with van der Waals surface area (Å²) < 4.78 is 45.3. The standard InChI is InChI=1S/C18H20F3N3O3/c1-4-27-16(25)14-11-23(10-13-8-6-5-7-9-13)22-15(14)24(12(2)3)17(26)18(19,20)21/h5-9,11-12H,4,10H2,1-3H3. The van der Waals surface area contributed by atoms with E-state index in [2.05, 4.69) is 5.10 Å². The molecule has 0 fully saturated rings. The zero-order chi connectivity index (χ0) is 20.2. The molecule has 0 saturated heterocycles. The van der Waals surface area contributed by atoms with Gasteiger partial charge in [0.05, 0.1) is 13.2 Å². The van der Waals surface area contributed by atoms with E-state index in [4.69, 9.17) is 4.74 Å².